The fourth-order valence-electron chi connectivity index (χ4n) is 3.57. The zero-order valence-electron chi connectivity index (χ0n) is 20.1. The molecule has 188 valence electrons. The molecule has 0 spiro atoms. The van der Waals surface area contributed by atoms with E-state index in [4.69, 9.17) is 4.42 Å². The number of sulfonamides is 1. The van der Waals surface area contributed by atoms with Gasteiger partial charge in [0.2, 0.25) is 21.6 Å². The highest BCUT2D eigenvalue weighted by atomic mass is 32.2. The van der Waals surface area contributed by atoms with Crippen LogP contribution < -0.4 is 10.0 Å². The molecule has 0 radical (unpaired) electrons. The van der Waals surface area contributed by atoms with Crippen LogP contribution in [0.2, 0.25) is 0 Å². The number of furan rings is 1. The van der Waals surface area contributed by atoms with Crippen molar-refractivity contribution in [3.05, 3.63) is 47.3 Å². The molecule has 0 saturated carbocycles. The van der Waals surface area contributed by atoms with Gasteiger partial charge in [-0.25, -0.2) is 12.8 Å². The van der Waals surface area contributed by atoms with E-state index in [1.165, 1.54) is 36.2 Å². The van der Waals surface area contributed by atoms with Gasteiger partial charge in [-0.3, -0.25) is 14.3 Å². The summed E-state index contributed by atoms with van der Waals surface area (Å²) in [6.07, 6.45) is 1.48. The Morgan fingerprint density at radius 1 is 1.14 bits per heavy atom. The fraction of sp³-hybridized carbons (Fsp3) is 0.375. The van der Waals surface area contributed by atoms with E-state index >= 15 is 0 Å². The number of hydrogen-bond donors (Lipinski definition) is 2. The number of carbonyl (C=O) groups excluding carboxylic acids is 2. The molecule has 9 nitrogen and oxygen atoms in total. The van der Waals surface area contributed by atoms with Crippen molar-refractivity contribution in [1.82, 2.24) is 15.2 Å². The van der Waals surface area contributed by atoms with Crippen LogP contribution >= 0.6 is 0 Å². The average Bonchev–Trinajstić information content (AvgIpc) is 3.18. The van der Waals surface area contributed by atoms with Gasteiger partial charge in [0, 0.05) is 33.1 Å². The van der Waals surface area contributed by atoms with Crippen LogP contribution in [-0.4, -0.2) is 57.0 Å². The highest BCUT2D eigenvalue weighted by Crippen LogP contribution is 2.35. The Bertz CT molecular complexity index is 1330. The fourth-order valence-corrected chi connectivity index (χ4v) is 4.73. The molecule has 0 atom stereocenters. The van der Waals surface area contributed by atoms with E-state index in [1.807, 2.05) is 6.92 Å². The molecule has 0 saturated heterocycles. The lowest BCUT2D eigenvalue weighted by atomic mass is 10.0. The number of rotatable bonds is 10. The Labute approximate surface area is 203 Å². The standard InChI is InChI=1S/C24H29FN4O5S/c1-5-15-14-18-20(23(31)26-2)21(16-9-11-17(25)12-10-16)34-24(18)27-22(15)28-35(32,33)13-7-6-8-19(30)29(3)4/h9-12,14H,5-8,13H2,1-4H3,(H,26,31)(H,27,28). The number of carbonyl (C=O) groups is 2. The summed E-state index contributed by atoms with van der Waals surface area (Å²) >= 11 is 0. The number of hydrogen-bond acceptors (Lipinski definition) is 6. The van der Waals surface area contributed by atoms with Crippen molar-refractivity contribution in [1.29, 1.82) is 0 Å². The van der Waals surface area contributed by atoms with Crippen molar-refractivity contribution in [3.8, 4) is 11.3 Å². The van der Waals surface area contributed by atoms with Crippen molar-refractivity contribution in [3.63, 3.8) is 0 Å². The van der Waals surface area contributed by atoms with Crippen LogP contribution in [0.1, 0.15) is 42.1 Å². The van der Waals surface area contributed by atoms with Gasteiger partial charge in [0.1, 0.15) is 17.4 Å². The van der Waals surface area contributed by atoms with E-state index in [2.05, 4.69) is 15.0 Å². The molecular formula is C24H29FN4O5S. The molecule has 0 aliphatic carbocycles. The molecule has 11 heteroatoms. The van der Waals surface area contributed by atoms with Gasteiger partial charge in [0.15, 0.2) is 0 Å². The average molecular weight is 505 g/mol. The normalized spacial score (nSPS) is 11.5. The number of aromatic nitrogens is 1. The Balaban J connectivity index is 1.93. The van der Waals surface area contributed by atoms with Crippen molar-refractivity contribution in [2.75, 3.05) is 31.6 Å². The number of nitrogens with one attached hydrogen (secondary N) is 2. The largest absolute Gasteiger partial charge is 0.437 e. The first-order valence-corrected chi connectivity index (χ1v) is 12.9. The molecule has 3 aromatic rings. The van der Waals surface area contributed by atoms with Crippen LogP contribution in [0.3, 0.4) is 0 Å². The molecule has 0 fully saturated rings. The number of aryl methyl sites for hydroxylation is 1. The number of halogens is 1. The summed E-state index contributed by atoms with van der Waals surface area (Å²) in [4.78, 5) is 30.2. The van der Waals surface area contributed by atoms with Gasteiger partial charge < -0.3 is 14.6 Å². The number of nitrogens with zero attached hydrogens (tertiary/aromatic N) is 2. The smallest absolute Gasteiger partial charge is 0.255 e. The highest BCUT2D eigenvalue weighted by Gasteiger charge is 2.25. The third kappa shape index (κ3) is 6.16. The van der Waals surface area contributed by atoms with Gasteiger partial charge in [-0.05, 0) is 55.2 Å². The quantitative estimate of drug-likeness (QED) is 0.407. The van der Waals surface area contributed by atoms with Gasteiger partial charge in [0.25, 0.3) is 5.91 Å². The SMILES string of the molecule is CCc1cc2c(C(=O)NC)c(-c3ccc(F)cc3)oc2nc1NS(=O)(=O)CCCCC(=O)N(C)C. The van der Waals surface area contributed by atoms with Crippen LogP contribution in [0.15, 0.2) is 34.7 Å². The van der Waals surface area contributed by atoms with Crippen LogP contribution in [0.4, 0.5) is 10.2 Å². The number of benzene rings is 1. The van der Waals surface area contributed by atoms with Crippen molar-refractivity contribution in [2.45, 2.75) is 32.6 Å². The zero-order chi connectivity index (χ0) is 25.8. The third-order valence-electron chi connectivity index (χ3n) is 5.51. The molecule has 2 amide bonds. The second-order valence-electron chi connectivity index (χ2n) is 8.26. The zero-order valence-corrected chi connectivity index (χ0v) is 21.0. The summed E-state index contributed by atoms with van der Waals surface area (Å²) in [5, 5.41) is 3.00. The summed E-state index contributed by atoms with van der Waals surface area (Å²) in [5.74, 6) is -0.740. The lowest BCUT2D eigenvalue weighted by molar-refractivity contribution is -0.128. The minimum absolute atomic E-state index is 0.0579. The first-order valence-electron chi connectivity index (χ1n) is 11.2. The van der Waals surface area contributed by atoms with Gasteiger partial charge in [-0.15, -0.1) is 0 Å². The van der Waals surface area contributed by atoms with E-state index in [-0.39, 0.29) is 40.9 Å². The van der Waals surface area contributed by atoms with Gasteiger partial charge >= 0.3 is 0 Å². The number of unbranched alkanes of at least 4 members (excludes halogenated alkanes) is 1. The molecule has 0 bridgehead atoms. The predicted molar refractivity (Wildman–Crippen MR) is 132 cm³/mol. The summed E-state index contributed by atoms with van der Waals surface area (Å²) in [6, 6.07) is 7.17. The second kappa shape index (κ2) is 10.9. The van der Waals surface area contributed by atoms with Crippen LogP contribution in [0.25, 0.3) is 22.4 Å². The predicted octanol–water partition coefficient (Wildman–Crippen LogP) is 3.56. The van der Waals surface area contributed by atoms with Crippen molar-refractivity contribution < 1.29 is 26.8 Å². The van der Waals surface area contributed by atoms with Crippen molar-refractivity contribution >= 4 is 38.8 Å². The van der Waals surface area contributed by atoms with E-state index in [0.29, 0.717) is 35.8 Å². The number of anilines is 1. The lowest BCUT2D eigenvalue weighted by Crippen LogP contribution is -2.22. The molecule has 2 heterocycles. The summed E-state index contributed by atoms with van der Waals surface area (Å²) < 4.78 is 47.2. The Kier molecular flexibility index (Phi) is 8.11. The van der Waals surface area contributed by atoms with E-state index in [0.717, 1.165) is 0 Å². The maximum Gasteiger partial charge on any atom is 0.255 e. The van der Waals surface area contributed by atoms with E-state index in [1.54, 1.807) is 20.2 Å². The topological polar surface area (TPSA) is 122 Å². The van der Waals surface area contributed by atoms with Crippen LogP contribution in [-0.2, 0) is 21.2 Å². The minimum Gasteiger partial charge on any atom is -0.437 e. The summed E-state index contributed by atoms with van der Waals surface area (Å²) in [5.41, 5.74) is 1.38. The van der Waals surface area contributed by atoms with Gasteiger partial charge in [-0.1, -0.05) is 6.92 Å². The monoisotopic (exact) mass is 504 g/mol. The second-order valence-corrected chi connectivity index (χ2v) is 10.1. The molecule has 2 aromatic heterocycles. The number of pyridine rings is 1. The first-order chi connectivity index (χ1) is 16.6. The molecule has 35 heavy (non-hydrogen) atoms. The maximum absolute atomic E-state index is 13.4. The molecular weight excluding hydrogens is 475 g/mol. The van der Waals surface area contributed by atoms with Crippen LogP contribution in [0, 0.1) is 5.82 Å². The summed E-state index contributed by atoms with van der Waals surface area (Å²) in [6.45, 7) is 1.84. The molecule has 0 aliphatic rings. The summed E-state index contributed by atoms with van der Waals surface area (Å²) in [7, 11) is 1.06. The molecule has 0 aliphatic heterocycles. The van der Waals surface area contributed by atoms with E-state index in [9.17, 15) is 22.4 Å². The Hall–Kier alpha value is -3.47. The Morgan fingerprint density at radius 2 is 1.83 bits per heavy atom. The van der Waals surface area contributed by atoms with Crippen LogP contribution in [0.5, 0.6) is 0 Å². The first kappa shape index (κ1) is 26.1. The molecule has 3 rings (SSSR count). The van der Waals surface area contributed by atoms with Gasteiger partial charge in [0.05, 0.1) is 16.7 Å². The van der Waals surface area contributed by atoms with Gasteiger partial charge in [-0.2, -0.15) is 4.98 Å². The minimum atomic E-state index is -3.74. The lowest BCUT2D eigenvalue weighted by Gasteiger charge is -2.12. The third-order valence-corrected chi connectivity index (χ3v) is 6.84. The number of fused-ring (bicyclic) bond motifs is 1. The Morgan fingerprint density at radius 3 is 2.43 bits per heavy atom. The van der Waals surface area contributed by atoms with E-state index < -0.39 is 21.7 Å². The highest BCUT2D eigenvalue weighted by molar-refractivity contribution is 7.92. The molecule has 2 N–H and O–H groups in total. The number of amides is 2. The molecule has 0 unspecified atom stereocenters. The maximum atomic E-state index is 13.4. The molecule has 1 aromatic carbocycles. The van der Waals surface area contributed by atoms with Crippen molar-refractivity contribution in [2.24, 2.45) is 0 Å².